The molecule has 0 spiro atoms. The summed E-state index contributed by atoms with van der Waals surface area (Å²) in [6, 6.07) is 0.543. The van der Waals surface area contributed by atoms with Crippen molar-refractivity contribution in [3.8, 4) is 0 Å². The predicted octanol–water partition coefficient (Wildman–Crippen LogP) is 3.14. The van der Waals surface area contributed by atoms with E-state index in [1.807, 2.05) is 10.9 Å². The Labute approximate surface area is 130 Å². The van der Waals surface area contributed by atoms with Crippen LogP contribution in [-0.4, -0.2) is 38.9 Å². The van der Waals surface area contributed by atoms with Crippen LogP contribution in [0.2, 0.25) is 0 Å². The van der Waals surface area contributed by atoms with Gasteiger partial charge in [-0.25, -0.2) is 0 Å². The molecule has 2 heterocycles. The molecule has 0 aliphatic carbocycles. The van der Waals surface area contributed by atoms with E-state index in [9.17, 15) is 5.11 Å². The van der Waals surface area contributed by atoms with E-state index in [0.717, 1.165) is 55.5 Å². The number of aromatic nitrogens is 2. The summed E-state index contributed by atoms with van der Waals surface area (Å²) >= 11 is 3.57. The molecule has 1 unspecified atom stereocenters. The Morgan fingerprint density at radius 1 is 1.40 bits per heavy atom. The summed E-state index contributed by atoms with van der Waals surface area (Å²) in [6.07, 6.45) is 5.45. The van der Waals surface area contributed by atoms with Crippen LogP contribution in [0, 0.1) is 0 Å². The van der Waals surface area contributed by atoms with E-state index in [1.54, 1.807) is 0 Å². The zero-order valence-electron chi connectivity index (χ0n) is 12.8. The van der Waals surface area contributed by atoms with E-state index in [0.29, 0.717) is 6.04 Å². The summed E-state index contributed by atoms with van der Waals surface area (Å²) in [7, 11) is 0. The first-order valence-electron chi connectivity index (χ1n) is 7.66. The molecule has 1 aliphatic heterocycles. The molecule has 1 aromatic rings. The summed E-state index contributed by atoms with van der Waals surface area (Å²) in [5.74, 6) is 0. The molecule has 1 aromatic heterocycles. The lowest BCUT2D eigenvalue weighted by Crippen LogP contribution is -2.34. The first-order valence-corrected chi connectivity index (χ1v) is 8.45. The van der Waals surface area contributed by atoms with Crippen molar-refractivity contribution in [1.82, 2.24) is 14.7 Å². The molecule has 0 bridgehead atoms. The highest BCUT2D eigenvalue weighted by atomic mass is 79.9. The molecule has 1 fully saturated rings. The van der Waals surface area contributed by atoms with Gasteiger partial charge in [0.2, 0.25) is 0 Å². The number of likely N-dealkylation sites (tertiary alicyclic amines) is 1. The highest BCUT2D eigenvalue weighted by molar-refractivity contribution is 9.10. The fourth-order valence-corrected chi connectivity index (χ4v) is 3.76. The molecule has 4 nitrogen and oxygen atoms in total. The van der Waals surface area contributed by atoms with Crippen LogP contribution in [0.5, 0.6) is 0 Å². The Kier molecular flexibility index (Phi) is 5.26. The number of nitrogens with zero attached hydrogens (tertiary/aromatic N) is 3. The van der Waals surface area contributed by atoms with Gasteiger partial charge >= 0.3 is 0 Å². The Morgan fingerprint density at radius 2 is 2.15 bits per heavy atom. The van der Waals surface area contributed by atoms with Crippen LogP contribution >= 0.6 is 15.9 Å². The normalized spacial score (nSPS) is 25.1. The van der Waals surface area contributed by atoms with E-state index >= 15 is 0 Å². The van der Waals surface area contributed by atoms with Crippen LogP contribution < -0.4 is 0 Å². The first kappa shape index (κ1) is 16.0. The van der Waals surface area contributed by atoms with Crippen molar-refractivity contribution < 1.29 is 5.11 Å². The second-order valence-corrected chi connectivity index (χ2v) is 6.93. The molecule has 1 atom stereocenters. The van der Waals surface area contributed by atoms with Crippen LogP contribution in [0.1, 0.15) is 52.1 Å². The third-order valence-electron chi connectivity index (χ3n) is 4.25. The summed E-state index contributed by atoms with van der Waals surface area (Å²) in [5, 5.41) is 15.6. The van der Waals surface area contributed by atoms with Crippen molar-refractivity contribution in [2.45, 2.75) is 64.6 Å². The van der Waals surface area contributed by atoms with Crippen molar-refractivity contribution >= 4 is 15.9 Å². The second kappa shape index (κ2) is 6.58. The molecule has 0 amide bonds. The Hall–Kier alpha value is -0.390. The maximum atomic E-state index is 11.2. The number of hydrogen-bond acceptors (Lipinski definition) is 3. The zero-order chi connectivity index (χ0) is 14.8. The topological polar surface area (TPSA) is 41.3 Å². The maximum Gasteiger partial charge on any atom is 0.109 e. The van der Waals surface area contributed by atoms with Gasteiger partial charge in [-0.15, -0.1) is 0 Å². The third-order valence-corrected chi connectivity index (χ3v) is 4.83. The zero-order valence-corrected chi connectivity index (χ0v) is 14.4. The molecule has 114 valence electrons. The largest absolute Gasteiger partial charge is 0.383 e. The van der Waals surface area contributed by atoms with E-state index in [4.69, 9.17) is 0 Å². The fourth-order valence-electron chi connectivity index (χ4n) is 3.10. The smallest absolute Gasteiger partial charge is 0.109 e. The number of aryl methyl sites for hydroxylation is 1. The Morgan fingerprint density at radius 3 is 2.80 bits per heavy atom. The van der Waals surface area contributed by atoms with Crippen molar-refractivity contribution in [1.29, 1.82) is 0 Å². The quantitative estimate of drug-likeness (QED) is 0.912. The summed E-state index contributed by atoms with van der Waals surface area (Å²) in [6.45, 7) is 9.45. The van der Waals surface area contributed by atoms with E-state index in [2.05, 4.69) is 46.7 Å². The molecule has 1 saturated heterocycles. The molecular formula is C15H26BrN3O. The van der Waals surface area contributed by atoms with Gasteiger partial charge in [0, 0.05) is 19.1 Å². The average molecular weight is 344 g/mol. The number of rotatable bonds is 4. The second-order valence-electron chi connectivity index (χ2n) is 6.08. The van der Waals surface area contributed by atoms with Crippen LogP contribution in [0.3, 0.4) is 0 Å². The van der Waals surface area contributed by atoms with Gasteiger partial charge in [-0.3, -0.25) is 4.68 Å². The van der Waals surface area contributed by atoms with Crippen LogP contribution in [0.4, 0.5) is 0 Å². The Balaban J connectivity index is 2.24. The number of hydrogen-bond donors (Lipinski definition) is 1. The van der Waals surface area contributed by atoms with Crippen LogP contribution in [0.15, 0.2) is 10.7 Å². The minimum absolute atomic E-state index is 0.543. The lowest BCUT2D eigenvalue weighted by atomic mass is 9.91. The number of aliphatic hydroxyl groups is 1. The average Bonchev–Trinajstić information content (AvgIpc) is 2.64. The molecule has 0 saturated carbocycles. The fraction of sp³-hybridized carbons (Fsp3) is 0.800. The van der Waals surface area contributed by atoms with E-state index in [-0.39, 0.29) is 0 Å². The molecule has 5 heteroatoms. The summed E-state index contributed by atoms with van der Waals surface area (Å²) in [4.78, 5) is 2.45. The monoisotopic (exact) mass is 343 g/mol. The minimum Gasteiger partial charge on any atom is -0.383 e. The van der Waals surface area contributed by atoms with Crippen molar-refractivity contribution in [3.05, 3.63) is 16.4 Å². The highest BCUT2D eigenvalue weighted by Crippen LogP contribution is 2.37. The van der Waals surface area contributed by atoms with E-state index in [1.165, 1.54) is 0 Å². The van der Waals surface area contributed by atoms with Gasteiger partial charge in [-0.2, -0.15) is 5.10 Å². The van der Waals surface area contributed by atoms with Gasteiger partial charge in [0.1, 0.15) is 5.60 Å². The van der Waals surface area contributed by atoms with Gasteiger partial charge in [0.05, 0.1) is 16.4 Å². The summed E-state index contributed by atoms with van der Waals surface area (Å²) in [5.41, 5.74) is 0.207. The molecule has 0 radical (unpaired) electrons. The van der Waals surface area contributed by atoms with Crippen molar-refractivity contribution in [3.63, 3.8) is 0 Å². The molecule has 1 N–H and O–H groups in total. The molecular weight excluding hydrogens is 318 g/mol. The van der Waals surface area contributed by atoms with Gasteiger partial charge in [0.25, 0.3) is 0 Å². The standard InChI is InChI=1S/C15H26BrN3O/c1-4-8-19-14(13(16)11-17-19)15(20)6-5-9-18(10-7-15)12(2)3/h11-12,20H,4-10H2,1-3H3. The van der Waals surface area contributed by atoms with Crippen molar-refractivity contribution in [2.24, 2.45) is 0 Å². The summed E-state index contributed by atoms with van der Waals surface area (Å²) < 4.78 is 2.90. The molecule has 2 rings (SSSR count). The van der Waals surface area contributed by atoms with E-state index < -0.39 is 5.60 Å². The highest BCUT2D eigenvalue weighted by Gasteiger charge is 2.37. The van der Waals surface area contributed by atoms with Crippen LogP contribution in [0.25, 0.3) is 0 Å². The van der Waals surface area contributed by atoms with Gasteiger partial charge < -0.3 is 10.0 Å². The van der Waals surface area contributed by atoms with Gasteiger partial charge in [-0.1, -0.05) is 6.92 Å². The predicted molar refractivity (Wildman–Crippen MR) is 84.7 cm³/mol. The SMILES string of the molecule is CCCn1ncc(Br)c1C1(O)CCCN(C(C)C)CC1. The van der Waals surface area contributed by atoms with Gasteiger partial charge in [-0.05, 0) is 62.0 Å². The number of halogens is 1. The van der Waals surface area contributed by atoms with Crippen LogP contribution in [-0.2, 0) is 12.1 Å². The molecule has 1 aliphatic rings. The lowest BCUT2D eigenvalue weighted by molar-refractivity contribution is 0.0109. The van der Waals surface area contributed by atoms with Gasteiger partial charge in [0.15, 0.2) is 0 Å². The molecule has 20 heavy (non-hydrogen) atoms. The molecule has 0 aromatic carbocycles. The third kappa shape index (κ3) is 3.26. The lowest BCUT2D eigenvalue weighted by Gasteiger charge is -2.29. The Bertz CT molecular complexity index is 446. The first-order chi connectivity index (χ1) is 9.48. The van der Waals surface area contributed by atoms with Crippen molar-refractivity contribution in [2.75, 3.05) is 13.1 Å². The maximum absolute atomic E-state index is 11.2. The minimum atomic E-state index is -0.756.